The zero-order chi connectivity index (χ0) is 24.1. The molecule has 0 spiro atoms. The van der Waals surface area contributed by atoms with Crippen molar-refractivity contribution < 1.29 is 19.1 Å². The molecule has 1 N–H and O–H groups in total. The number of fused-ring (bicyclic) bond motifs is 5. The number of hydrogen-bond acceptors (Lipinski definition) is 2. The molecule has 5 nitrogen and oxygen atoms in total. The molecule has 1 saturated carbocycles. The molecular weight excluding hydrogens is 443 g/mol. The number of alkyl halides is 1. The minimum atomic E-state index is -0.975. The number of halogens is 1. The Labute approximate surface area is 203 Å². The predicted molar refractivity (Wildman–Crippen MR) is 134 cm³/mol. The summed E-state index contributed by atoms with van der Waals surface area (Å²) in [7, 11) is 0. The van der Waals surface area contributed by atoms with Crippen LogP contribution < -0.4 is 0 Å². The Morgan fingerprint density at radius 3 is 2.54 bits per heavy atom. The number of aromatic nitrogens is 1. The number of rotatable bonds is 3. The van der Waals surface area contributed by atoms with Crippen LogP contribution in [0.3, 0.4) is 0 Å². The van der Waals surface area contributed by atoms with Gasteiger partial charge in [0.1, 0.15) is 6.17 Å². The minimum absolute atomic E-state index is 0.133. The summed E-state index contributed by atoms with van der Waals surface area (Å²) in [6.45, 7) is 0.894. The summed E-state index contributed by atoms with van der Waals surface area (Å²) in [5.74, 6) is -0.703. The van der Waals surface area contributed by atoms with Crippen LogP contribution in [0.4, 0.5) is 4.39 Å². The summed E-state index contributed by atoms with van der Waals surface area (Å²) >= 11 is 0. The van der Waals surface area contributed by atoms with E-state index in [9.17, 15) is 19.1 Å². The lowest BCUT2D eigenvalue weighted by Gasteiger charge is -2.24. The van der Waals surface area contributed by atoms with Crippen molar-refractivity contribution in [2.24, 2.45) is 0 Å². The summed E-state index contributed by atoms with van der Waals surface area (Å²) < 4.78 is 16.1. The van der Waals surface area contributed by atoms with Gasteiger partial charge in [-0.1, -0.05) is 49.6 Å². The Balaban J connectivity index is 1.59. The van der Waals surface area contributed by atoms with E-state index in [0.717, 1.165) is 40.6 Å². The van der Waals surface area contributed by atoms with Gasteiger partial charge in [0.15, 0.2) is 0 Å². The summed E-state index contributed by atoms with van der Waals surface area (Å²) in [5, 5.41) is 10.8. The number of benzene rings is 2. The molecule has 3 aliphatic rings. The molecule has 2 fully saturated rings. The Hall–Kier alpha value is -3.41. The lowest BCUT2D eigenvalue weighted by atomic mass is 9.81. The van der Waals surface area contributed by atoms with Crippen LogP contribution in [0, 0.1) is 0 Å². The Kier molecular flexibility index (Phi) is 5.47. The third-order valence-electron chi connectivity index (χ3n) is 7.93. The van der Waals surface area contributed by atoms with Gasteiger partial charge in [-0.25, -0.2) is 9.18 Å². The molecule has 2 aliphatic heterocycles. The van der Waals surface area contributed by atoms with Gasteiger partial charge in [-0.3, -0.25) is 4.79 Å². The highest BCUT2D eigenvalue weighted by atomic mass is 19.1. The summed E-state index contributed by atoms with van der Waals surface area (Å²) in [6, 6.07) is 13.5. The number of aromatic carboxylic acids is 1. The smallest absolute Gasteiger partial charge is 0.335 e. The Morgan fingerprint density at radius 1 is 1.00 bits per heavy atom. The maximum absolute atomic E-state index is 13.9. The van der Waals surface area contributed by atoms with E-state index in [4.69, 9.17) is 0 Å². The van der Waals surface area contributed by atoms with E-state index < -0.39 is 12.1 Å². The highest BCUT2D eigenvalue weighted by Crippen LogP contribution is 2.46. The first kappa shape index (κ1) is 22.1. The Bertz CT molecular complexity index is 1370. The van der Waals surface area contributed by atoms with Crippen molar-refractivity contribution in [1.82, 2.24) is 9.47 Å². The van der Waals surface area contributed by atoms with Crippen molar-refractivity contribution in [1.29, 1.82) is 0 Å². The quantitative estimate of drug-likeness (QED) is 0.507. The maximum Gasteiger partial charge on any atom is 0.335 e. The van der Waals surface area contributed by atoms with E-state index in [1.807, 2.05) is 30.3 Å². The first-order valence-electron chi connectivity index (χ1n) is 12.6. The third-order valence-corrected chi connectivity index (χ3v) is 7.93. The van der Waals surface area contributed by atoms with Crippen molar-refractivity contribution in [2.75, 3.05) is 13.1 Å². The van der Waals surface area contributed by atoms with Gasteiger partial charge >= 0.3 is 5.97 Å². The molecule has 1 amide bonds. The maximum atomic E-state index is 13.9. The van der Waals surface area contributed by atoms with Crippen LogP contribution in [0.25, 0.3) is 28.2 Å². The molecule has 6 heteroatoms. The molecule has 1 aliphatic carbocycles. The van der Waals surface area contributed by atoms with E-state index in [2.05, 4.69) is 10.6 Å². The zero-order valence-corrected chi connectivity index (χ0v) is 19.7. The second-order valence-electron chi connectivity index (χ2n) is 10.1. The van der Waals surface area contributed by atoms with Crippen molar-refractivity contribution in [3.05, 3.63) is 64.7 Å². The fraction of sp³-hybridized carbons (Fsp3) is 0.379. The van der Waals surface area contributed by atoms with Crippen LogP contribution in [0.1, 0.15) is 65.9 Å². The molecule has 1 aromatic heterocycles. The number of carbonyl (C=O) groups excluding carboxylic acids is 1. The van der Waals surface area contributed by atoms with Crippen molar-refractivity contribution >= 4 is 28.9 Å². The van der Waals surface area contributed by atoms with Gasteiger partial charge in [-0.05, 0) is 54.5 Å². The van der Waals surface area contributed by atoms with E-state index >= 15 is 0 Å². The van der Waals surface area contributed by atoms with Gasteiger partial charge in [-0.15, -0.1) is 0 Å². The first-order valence-corrected chi connectivity index (χ1v) is 12.6. The molecule has 180 valence electrons. The number of carboxylic acid groups (broad SMARTS) is 1. The molecule has 3 aromatic rings. The first-order chi connectivity index (χ1) is 17.0. The number of amides is 1. The molecule has 0 bridgehead atoms. The normalized spacial score (nSPS) is 20.3. The second kappa shape index (κ2) is 8.67. The van der Waals surface area contributed by atoms with Gasteiger partial charge in [0.05, 0.1) is 24.3 Å². The Morgan fingerprint density at radius 2 is 1.80 bits per heavy atom. The largest absolute Gasteiger partial charge is 0.478 e. The van der Waals surface area contributed by atoms with E-state index in [1.165, 1.54) is 24.8 Å². The number of nitrogens with zero attached hydrogens (tertiary/aromatic N) is 2. The summed E-state index contributed by atoms with van der Waals surface area (Å²) in [4.78, 5) is 27.0. The number of hydrogen-bond donors (Lipinski definition) is 1. The van der Waals surface area contributed by atoms with Crippen molar-refractivity contribution in [3.63, 3.8) is 0 Å². The highest BCUT2D eigenvalue weighted by molar-refractivity contribution is 6.03. The predicted octanol–water partition coefficient (Wildman–Crippen LogP) is 6.02. The molecule has 1 saturated heterocycles. The average molecular weight is 473 g/mol. The molecule has 0 radical (unpaired) electrons. The van der Waals surface area contributed by atoms with Crippen LogP contribution in [-0.4, -0.2) is 45.7 Å². The van der Waals surface area contributed by atoms with E-state index in [0.29, 0.717) is 31.0 Å². The number of carbonyl (C=O) groups is 2. The van der Waals surface area contributed by atoms with Gasteiger partial charge in [0, 0.05) is 28.6 Å². The summed E-state index contributed by atoms with van der Waals surface area (Å²) in [6.07, 6.45) is 7.20. The SMILES string of the molecule is O=C(O)c1ccc2c(C3CCCCC3)c3n(c2c1)CC(C(=O)N1CC[C@@H](F)C1)=Cc1ccccc1-3. The molecule has 0 unspecified atom stereocenters. The average Bonchev–Trinajstić information content (AvgIpc) is 3.39. The van der Waals surface area contributed by atoms with E-state index in [1.54, 1.807) is 17.0 Å². The third kappa shape index (κ3) is 3.76. The molecule has 6 rings (SSSR count). The van der Waals surface area contributed by atoms with Crippen LogP contribution in [-0.2, 0) is 11.3 Å². The van der Waals surface area contributed by atoms with Crippen LogP contribution in [0.15, 0.2) is 48.0 Å². The van der Waals surface area contributed by atoms with Gasteiger partial charge in [-0.2, -0.15) is 0 Å². The minimum Gasteiger partial charge on any atom is -0.478 e. The zero-order valence-electron chi connectivity index (χ0n) is 19.7. The molecule has 3 heterocycles. The monoisotopic (exact) mass is 472 g/mol. The van der Waals surface area contributed by atoms with Gasteiger partial charge in [0.2, 0.25) is 0 Å². The van der Waals surface area contributed by atoms with Crippen molar-refractivity contribution in [2.45, 2.75) is 57.2 Å². The van der Waals surface area contributed by atoms with Crippen molar-refractivity contribution in [3.8, 4) is 11.3 Å². The topological polar surface area (TPSA) is 62.5 Å². The van der Waals surface area contributed by atoms with E-state index in [-0.39, 0.29) is 18.0 Å². The van der Waals surface area contributed by atoms with Gasteiger partial charge < -0.3 is 14.6 Å². The van der Waals surface area contributed by atoms with Gasteiger partial charge in [0.25, 0.3) is 5.91 Å². The standard InChI is InChI=1S/C29H29FN2O3/c30-22-12-13-31(17-22)28(33)21-14-19-8-4-5-9-23(19)27-26(18-6-2-1-3-7-18)24-11-10-20(29(34)35)15-25(24)32(27)16-21/h4-5,8-11,14-15,18,22H,1-3,6-7,12-13,16-17H2,(H,34,35)/t22-/m1/s1. The van der Waals surface area contributed by atoms with Crippen LogP contribution >= 0.6 is 0 Å². The molecule has 2 aromatic carbocycles. The number of likely N-dealkylation sites (tertiary alicyclic amines) is 1. The summed E-state index contributed by atoms with van der Waals surface area (Å²) in [5.41, 5.74) is 6.10. The molecular formula is C29H29FN2O3. The fourth-order valence-electron chi connectivity index (χ4n) is 6.25. The van der Waals surface area contributed by atoms with Crippen LogP contribution in [0.2, 0.25) is 0 Å². The van der Waals surface area contributed by atoms with Crippen LogP contribution in [0.5, 0.6) is 0 Å². The molecule has 1 atom stereocenters. The lowest BCUT2D eigenvalue weighted by Crippen LogP contribution is -2.31. The lowest BCUT2D eigenvalue weighted by molar-refractivity contribution is -0.126. The second-order valence-corrected chi connectivity index (χ2v) is 10.1. The number of carboxylic acids is 1. The fourth-order valence-corrected chi connectivity index (χ4v) is 6.25. The molecule has 35 heavy (non-hydrogen) atoms. The highest BCUT2D eigenvalue weighted by Gasteiger charge is 2.33.